The summed E-state index contributed by atoms with van der Waals surface area (Å²) in [6, 6.07) is 1.68. The smallest absolute Gasteiger partial charge is 0.255 e. The summed E-state index contributed by atoms with van der Waals surface area (Å²) < 4.78 is 37.5. The van der Waals surface area contributed by atoms with Crippen molar-refractivity contribution < 1.29 is 23.0 Å². The third-order valence-corrected chi connectivity index (χ3v) is 4.33. The molecule has 2 aliphatic rings. The van der Waals surface area contributed by atoms with Gasteiger partial charge in [-0.15, -0.1) is 0 Å². The highest BCUT2D eigenvalue weighted by molar-refractivity contribution is 6.33. The lowest BCUT2D eigenvalue weighted by Crippen LogP contribution is -2.44. The zero-order valence-corrected chi connectivity index (χ0v) is 12.6. The Labute approximate surface area is 131 Å². The number of hydrogen-bond acceptors (Lipinski definition) is 3. The van der Waals surface area contributed by atoms with Crippen molar-refractivity contribution in [3.63, 3.8) is 0 Å². The van der Waals surface area contributed by atoms with E-state index in [0.29, 0.717) is 26.3 Å². The Bertz CT molecular complexity index is 578. The summed E-state index contributed by atoms with van der Waals surface area (Å²) >= 11 is 5.88. The molecule has 0 aromatic heterocycles. The number of ether oxygens (including phenoxy) is 2. The van der Waals surface area contributed by atoms with E-state index in [-0.39, 0.29) is 22.8 Å². The molecule has 2 heterocycles. The van der Waals surface area contributed by atoms with Gasteiger partial charge in [-0.2, -0.15) is 0 Å². The van der Waals surface area contributed by atoms with Crippen LogP contribution in [0.1, 0.15) is 23.2 Å². The molecular weight excluding hydrogens is 316 g/mol. The van der Waals surface area contributed by atoms with Gasteiger partial charge in [-0.3, -0.25) is 4.79 Å². The Kier molecular flexibility index (Phi) is 4.61. The summed E-state index contributed by atoms with van der Waals surface area (Å²) in [5.74, 6) is -2.45. The van der Waals surface area contributed by atoms with Crippen molar-refractivity contribution in [3.05, 3.63) is 34.4 Å². The molecule has 4 nitrogen and oxygen atoms in total. The number of benzene rings is 1. The third-order valence-electron chi connectivity index (χ3n) is 4.02. The van der Waals surface area contributed by atoms with Gasteiger partial charge in [0.1, 0.15) is 0 Å². The van der Waals surface area contributed by atoms with Crippen LogP contribution in [-0.2, 0) is 9.47 Å². The minimum absolute atomic E-state index is 0.0190. The van der Waals surface area contributed by atoms with Gasteiger partial charge in [-0.1, -0.05) is 11.6 Å². The predicted molar refractivity (Wildman–Crippen MR) is 75.7 cm³/mol. The fraction of sp³-hybridized carbons (Fsp3) is 0.533. The van der Waals surface area contributed by atoms with Gasteiger partial charge < -0.3 is 14.4 Å². The second-order valence-corrected chi connectivity index (χ2v) is 5.92. The second kappa shape index (κ2) is 6.48. The number of piperidine rings is 1. The van der Waals surface area contributed by atoms with Gasteiger partial charge >= 0.3 is 0 Å². The number of rotatable bonds is 2. The number of amides is 1. The Morgan fingerprint density at radius 3 is 2.64 bits per heavy atom. The number of hydrogen-bond donors (Lipinski definition) is 0. The first kappa shape index (κ1) is 15.6. The Balaban J connectivity index is 1.75. The van der Waals surface area contributed by atoms with Crippen molar-refractivity contribution in [1.82, 2.24) is 4.90 Å². The average Bonchev–Trinajstić information content (AvgIpc) is 3.05. The molecule has 2 saturated heterocycles. The SMILES string of the molecule is O=C(c1cc(F)c(F)cc1Cl)N1CCCC(C2OCCO2)C1. The zero-order chi connectivity index (χ0) is 15.7. The van der Waals surface area contributed by atoms with Crippen molar-refractivity contribution in [3.8, 4) is 0 Å². The van der Waals surface area contributed by atoms with Crippen LogP contribution in [-0.4, -0.2) is 43.4 Å². The molecule has 0 bridgehead atoms. The fourth-order valence-corrected chi connectivity index (χ4v) is 3.15. The molecule has 0 saturated carbocycles. The van der Waals surface area contributed by atoms with Crippen LogP contribution < -0.4 is 0 Å². The van der Waals surface area contributed by atoms with Crippen LogP contribution in [0.5, 0.6) is 0 Å². The maximum Gasteiger partial charge on any atom is 0.255 e. The highest BCUT2D eigenvalue weighted by Crippen LogP contribution is 2.28. The van der Waals surface area contributed by atoms with E-state index in [1.165, 1.54) is 0 Å². The number of carbonyl (C=O) groups excluding carboxylic acids is 1. The zero-order valence-electron chi connectivity index (χ0n) is 11.9. The Morgan fingerprint density at radius 1 is 1.23 bits per heavy atom. The van der Waals surface area contributed by atoms with E-state index in [4.69, 9.17) is 21.1 Å². The topological polar surface area (TPSA) is 38.8 Å². The van der Waals surface area contributed by atoms with Gasteiger partial charge in [0.15, 0.2) is 17.9 Å². The second-order valence-electron chi connectivity index (χ2n) is 5.51. The first-order valence-electron chi connectivity index (χ1n) is 7.23. The molecule has 7 heteroatoms. The molecule has 2 aliphatic heterocycles. The van der Waals surface area contributed by atoms with E-state index in [1.807, 2.05) is 0 Å². The van der Waals surface area contributed by atoms with Gasteiger partial charge in [0.05, 0.1) is 23.8 Å². The van der Waals surface area contributed by atoms with Crippen molar-refractivity contribution in [2.24, 2.45) is 5.92 Å². The summed E-state index contributed by atoms with van der Waals surface area (Å²) in [6.45, 7) is 2.13. The molecule has 22 heavy (non-hydrogen) atoms. The molecule has 0 spiro atoms. The van der Waals surface area contributed by atoms with Gasteiger partial charge in [0.25, 0.3) is 5.91 Å². The van der Waals surface area contributed by atoms with Gasteiger partial charge in [-0.25, -0.2) is 8.78 Å². The molecule has 1 unspecified atom stereocenters. The maximum absolute atomic E-state index is 13.4. The highest BCUT2D eigenvalue weighted by Gasteiger charge is 2.33. The number of halogens is 3. The van der Waals surface area contributed by atoms with Crippen molar-refractivity contribution in [1.29, 1.82) is 0 Å². The molecular formula is C15H16ClF2NO3. The lowest BCUT2D eigenvalue weighted by atomic mass is 9.96. The van der Waals surface area contributed by atoms with Gasteiger partial charge in [0.2, 0.25) is 0 Å². The van der Waals surface area contributed by atoms with Crippen molar-refractivity contribution in [2.45, 2.75) is 19.1 Å². The first-order valence-corrected chi connectivity index (χ1v) is 7.61. The summed E-state index contributed by atoms with van der Waals surface area (Å²) in [7, 11) is 0. The molecule has 1 aromatic rings. The first-order chi connectivity index (χ1) is 10.6. The molecule has 1 atom stereocenters. The Hall–Kier alpha value is -1.24. The molecule has 1 amide bonds. The summed E-state index contributed by atoms with van der Waals surface area (Å²) in [6.07, 6.45) is 1.41. The van der Waals surface area contributed by atoms with Gasteiger partial charge in [0, 0.05) is 19.0 Å². The van der Waals surface area contributed by atoms with Crippen LogP contribution in [0.4, 0.5) is 8.78 Å². The van der Waals surface area contributed by atoms with Crippen LogP contribution in [0, 0.1) is 17.6 Å². The molecule has 120 valence electrons. The van der Waals surface area contributed by atoms with E-state index in [1.54, 1.807) is 4.90 Å². The molecule has 0 radical (unpaired) electrons. The lowest BCUT2D eigenvalue weighted by Gasteiger charge is -2.34. The predicted octanol–water partition coefficient (Wildman–Crippen LogP) is 2.84. The number of nitrogens with zero attached hydrogens (tertiary/aromatic N) is 1. The van der Waals surface area contributed by atoms with Crippen molar-refractivity contribution in [2.75, 3.05) is 26.3 Å². The number of likely N-dealkylation sites (tertiary alicyclic amines) is 1. The van der Waals surface area contributed by atoms with E-state index in [9.17, 15) is 13.6 Å². The van der Waals surface area contributed by atoms with E-state index in [0.717, 1.165) is 25.0 Å². The third kappa shape index (κ3) is 3.09. The quantitative estimate of drug-likeness (QED) is 0.782. The normalized spacial score (nSPS) is 23.0. The number of carbonyl (C=O) groups is 1. The van der Waals surface area contributed by atoms with Crippen molar-refractivity contribution >= 4 is 17.5 Å². The van der Waals surface area contributed by atoms with Crippen LogP contribution in [0.3, 0.4) is 0 Å². The minimum atomic E-state index is -1.08. The molecule has 1 aromatic carbocycles. The highest BCUT2D eigenvalue weighted by atomic mass is 35.5. The summed E-state index contributed by atoms with van der Waals surface area (Å²) in [4.78, 5) is 14.1. The van der Waals surface area contributed by atoms with E-state index >= 15 is 0 Å². The average molecular weight is 332 g/mol. The van der Waals surface area contributed by atoms with Crippen LogP contribution in [0.25, 0.3) is 0 Å². The molecule has 2 fully saturated rings. The van der Waals surface area contributed by atoms with Crippen LogP contribution in [0.15, 0.2) is 12.1 Å². The summed E-state index contributed by atoms with van der Waals surface area (Å²) in [5.41, 5.74) is -0.0190. The molecule has 0 N–H and O–H groups in total. The van der Waals surface area contributed by atoms with Crippen LogP contribution >= 0.6 is 11.6 Å². The van der Waals surface area contributed by atoms with Gasteiger partial charge in [-0.05, 0) is 25.0 Å². The fourth-order valence-electron chi connectivity index (χ4n) is 2.92. The maximum atomic E-state index is 13.4. The minimum Gasteiger partial charge on any atom is -0.350 e. The monoisotopic (exact) mass is 331 g/mol. The largest absolute Gasteiger partial charge is 0.350 e. The van der Waals surface area contributed by atoms with Crippen LogP contribution in [0.2, 0.25) is 5.02 Å². The molecule has 0 aliphatic carbocycles. The van der Waals surface area contributed by atoms with E-state index < -0.39 is 17.5 Å². The van der Waals surface area contributed by atoms with E-state index in [2.05, 4.69) is 0 Å². The Morgan fingerprint density at radius 2 is 1.91 bits per heavy atom. The molecule has 3 rings (SSSR count). The lowest BCUT2D eigenvalue weighted by molar-refractivity contribution is -0.0969. The summed E-state index contributed by atoms with van der Waals surface area (Å²) in [5, 5.41) is -0.0839. The standard InChI is InChI=1S/C15H16ClF2NO3/c16-11-7-13(18)12(17)6-10(11)14(20)19-3-1-2-9(8-19)15-21-4-5-22-15/h6-7,9,15H,1-5,8H2.